The van der Waals surface area contributed by atoms with Crippen LogP contribution in [0.25, 0.3) is 11.0 Å². The van der Waals surface area contributed by atoms with Crippen LogP contribution in [0.2, 0.25) is 0 Å². The van der Waals surface area contributed by atoms with Crippen molar-refractivity contribution in [3.63, 3.8) is 0 Å². The first-order valence-corrected chi connectivity index (χ1v) is 14.9. The molecule has 4 aliphatic rings. The summed E-state index contributed by atoms with van der Waals surface area (Å²) >= 11 is 0. The van der Waals surface area contributed by atoms with Crippen LogP contribution in [0.15, 0.2) is 34.2 Å². The van der Waals surface area contributed by atoms with Crippen molar-refractivity contribution in [2.75, 3.05) is 0 Å². The fraction of sp³-hybridized carbons (Fsp3) is 0.633. The van der Waals surface area contributed by atoms with Crippen LogP contribution in [0.1, 0.15) is 89.3 Å². The number of rotatable bonds is 7. The van der Waals surface area contributed by atoms with E-state index in [-0.39, 0.29) is 11.7 Å². The number of piperidine rings is 2. The van der Waals surface area contributed by atoms with Crippen molar-refractivity contribution in [2.45, 2.75) is 108 Å². The smallest absolute Gasteiger partial charge is 0.360 e. The van der Waals surface area contributed by atoms with Crippen LogP contribution < -0.4 is 11.3 Å². The first-order valence-electron chi connectivity index (χ1n) is 14.9. The Bertz CT molecular complexity index is 1360. The molecule has 1 aromatic carbocycles. The van der Waals surface area contributed by atoms with Gasteiger partial charge in [-0.1, -0.05) is 43.0 Å². The number of nitrogens with zero attached hydrogens (tertiary/aromatic N) is 4. The molecule has 3 heterocycles. The summed E-state index contributed by atoms with van der Waals surface area (Å²) in [6, 6.07) is 8.73. The molecule has 10 heteroatoms. The van der Waals surface area contributed by atoms with E-state index in [1.807, 2.05) is 18.2 Å². The number of carbonyl (C=O) groups excluding carboxylic acids is 1. The number of aromatic nitrogens is 2. The Morgan fingerprint density at radius 1 is 0.975 bits per heavy atom. The summed E-state index contributed by atoms with van der Waals surface area (Å²) < 4.78 is 1.76. The van der Waals surface area contributed by atoms with Gasteiger partial charge in [-0.25, -0.2) is 9.78 Å². The molecule has 2 saturated carbocycles. The Labute approximate surface area is 233 Å². The second-order valence-corrected chi connectivity index (χ2v) is 12.4. The fourth-order valence-corrected chi connectivity index (χ4v) is 8.17. The Morgan fingerprint density at radius 2 is 1.62 bits per heavy atom. The summed E-state index contributed by atoms with van der Waals surface area (Å²) in [4.78, 5) is 49.9. The Morgan fingerprint density at radius 3 is 2.27 bits per heavy atom. The van der Waals surface area contributed by atoms with Gasteiger partial charge in [-0.2, -0.15) is 0 Å². The van der Waals surface area contributed by atoms with Crippen LogP contribution in [0.5, 0.6) is 0 Å². The maximum atomic E-state index is 14.0. The fourth-order valence-electron chi connectivity index (χ4n) is 8.17. The molecule has 40 heavy (non-hydrogen) atoms. The third kappa shape index (κ3) is 5.02. The quantitative estimate of drug-likeness (QED) is 0.397. The number of hydrogen-bond acceptors (Lipinski definition) is 7. The van der Waals surface area contributed by atoms with E-state index in [1.54, 1.807) is 10.6 Å². The molecule has 3 N–H and O–H groups in total. The maximum Gasteiger partial charge on any atom is 0.360 e. The summed E-state index contributed by atoms with van der Waals surface area (Å²) in [5, 5.41) is 13.6. The number of nitrogens with two attached hydrogens (primary N) is 1. The Kier molecular flexibility index (Phi) is 7.37. The van der Waals surface area contributed by atoms with Crippen molar-refractivity contribution in [1.82, 2.24) is 14.5 Å². The van der Waals surface area contributed by atoms with Crippen molar-refractivity contribution in [3.05, 3.63) is 40.3 Å². The van der Waals surface area contributed by atoms with E-state index < -0.39 is 29.3 Å². The predicted octanol–water partition coefficient (Wildman–Crippen LogP) is 3.60. The van der Waals surface area contributed by atoms with E-state index in [0.29, 0.717) is 29.2 Å². The first kappa shape index (κ1) is 26.9. The summed E-state index contributed by atoms with van der Waals surface area (Å²) in [5.41, 5.74) is 5.01. The summed E-state index contributed by atoms with van der Waals surface area (Å²) in [6.07, 6.45) is 12.1. The van der Waals surface area contributed by atoms with Crippen LogP contribution in [0.4, 0.5) is 0 Å². The van der Waals surface area contributed by atoms with Gasteiger partial charge in [0.25, 0.3) is 11.5 Å². The molecule has 3 unspecified atom stereocenters. The number of benzene rings is 1. The largest absolute Gasteiger partial charge is 0.476 e. The molecule has 214 valence electrons. The van der Waals surface area contributed by atoms with Gasteiger partial charge in [-0.15, -0.1) is 0 Å². The standard InChI is InChI=1S/C30H39N5O5/c1-17(28(31)36)40-33-27(30(38)39)26-29(37)35(25-11-3-2-10-24(25)32-26)23-15-20-8-5-9-21(16-23)34(20)22-13-18-6-4-7-19(12-18)14-22/h2-3,10-11,17-23H,4-9,12-16H2,1H3,(H2,31,36)(H,38,39)/b33-27-/t17?,18-,19+,20-,21+,22?,23?. The van der Waals surface area contributed by atoms with E-state index in [1.165, 1.54) is 51.9 Å². The third-order valence-electron chi connectivity index (χ3n) is 9.82. The monoisotopic (exact) mass is 549 g/mol. The van der Waals surface area contributed by atoms with Gasteiger partial charge in [-0.05, 0) is 75.8 Å². The molecule has 1 amide bonds. The van der Waals surface area contributed by atoms with Crippen molar-refractivity contribution < 1.29 is 19.5 Å². The molecule has 4 bridgehead atoms. The van der Waals surface area contributed by atoms with Gasteiger partial charge in [0.15, 0.2) is 5.69 Å². The molecule has 1 aromatic heterocycles. The highest BCUT2D eigenvalue weighted by atomic mass is 16.6. The van der Waals surface area contributed by atoms with Gasteiger partial charge >= 0.3 is 5.97 Å². The lowest BCUT2D eigenvalue weighted by atomic mass is 9.68. The second-order valence-electron chi connectivity index (χ2n) is 12.4. The predicted molar refractivity (Wildman–Crippen MR) is 150 cm³/mol. The van der Waals surface area contributed by atoms with E-state index in [4.69, 9.17) is 10.6 Å². The lowest BCUT2D eigenvalue weighted by Crippen LogP contribution is -2.58. The minimum absolute atomic E-state index is 0.0747. The number of carbonyl (C=O) groups is 2. The molecule has 0 radical (unpaired) electrons. The molecule has 0 spiro atoms. The molecule has 2 saturated heterocycles. The molecule has 2 aliphatic carbocycles. The number of para-hydroxylation sites is 2. The summed E-state index contributed by atoms with van der Waals surface area (Å²) in [7, 11) is 0. The topological polar surface area (TPSA) is 140 Å². The second kappa shape index (κ2) is 11.0. The first-order chi connectivity index (χ1) is 19.3. The Hall–Kier alpha value is -3.27. The van der Waals surface area contributed by atoms with Crippen molar-refractivity contribution in [1.29, 1.82) is 0 Å². The van der Waals surface area contributed by atoms with Crippen LogP contribution in [0, 0.1) is 11.8 Å². The molecule has 2 aromatic rings. The van der Waals surface area contributed by atoms with Crippen LogP contribution >= 0.6 is 0 Å². The summed E-state index contributed by atoms with van der Waals surface area (Å²) in [6.45, 7) is 1.36. The van der Waals surface area contributed by atoms with E-state index in [0.717, 1.165) is 37.5 Å². The van der Waals surface area contributed by atoms with E-state index in [2.05, 4.69) is 15.0 Å². The molecule has 10 nitrogen and oxygen atoms in total. The van der Waals surface area contributed by atoms with Gasteiger partial charge in [0.2, 0.25) is 11.8 Å². The number of primary amides is 1. The average molecular weight is 550 g/mol. The minimum atomic E-state index is -1.46. The van der Waals surface area contributed by atoms with Crippen LogP contribution in [-0.4, -0.2) is 61.4 Å². The zero-order chi connectivity index (χ0) is 28.0. The lowest BCUT2D eigenvalue weighted by Gasteiger charge is -2.55. The number of aliphatic carboxylic acids is 1. The number of oxime groups is 1. The van der Waals surface area contributed by atoms with Crippen molar-refractivity contribution >= 4 is 28.6 Å². The lowest BCUT2D eigenvalue weighted by molar-refractivity contribution is -0.131. The third-order valence-corrected chi connectivity index (χ3v) is 9.82. The highest BCUT2D eigenvalue weighted by molar-refractivity contribution is 6.41. The van der Waals surface area contributed by atoms with Gasteiger partial charge in [0.05, 0.1) is 11.0 Å². The summed E-state index contributed by atoms with van der Waals surface area (Å²) in [5.74, 6) is -0.535. The highest BCUT2D eigenvalue weighted by Gasteiger charge is 2.45. The van der Waals surface area contributed by atoms with Gasteiger partial charge in [0.1, 0.15) is 0 Å². The molecular weight excluding hydrogens is 510 g/mol. The molecule has 7 atom stereocenters. The van der Waals surface area contributed by atoms with Gasteiger partial charge < -0.3 is 20.2 Å². The molecule has 2 aliphatic heterocycles. The van der Waals surface area contributed by atoms with Gasteiger partial charge in [-0.3, -0.25) is 14.5 Å². The Balaban J connectivity index is 1.36. The normalized spacial score (nSPS) is 31.5. The molecule has 4 fully saturated rings. The number of amides is 1. The number of fused-ring (bicyclic) bond motifs is 5. The zero-order valence-electron chi connectivity index (χ0n) is 23.1. The van der Waals surface area contributed by atoms with Crippen LogP contribution in [-0.2, 0) is 14.4 Å². The number of carboxylic acids is 1. The van der Waals surface area contributed by atoms with E-state index >= 15 is 0 Å². The molecule has 6 rings (SSSR count). The van der Waals surface area contributed by atoms with Crippen LogP contribution in [0.3, 0.4) is 0 Å². The minimum Gasteiger partial charge on any atom is -0.476 e. The van der Waals surface area contributed by atoms with Crippen molar-refractivity contribution in [2.24, 2.45) is 22.7 Å². The maximum absolute atomic E-state index is 14.0. The van der Waals surface area contributed by atoms with Crippen molar-refractivity contribution in [3.8, 4) is 0 Å². The average Bonchev–Trinajstić information content (AvgIpc) is 2.92. The number of hydrogen-bond donors (Lipinski definition) is 2. The number of carboxylic acid groups (broad SMARTS) is 1. The van der Waals surface area contributed by atoms with E-state index in [9.17, 15) is 19.5 Å². The molecular formula is C30H39N5O5. The SMILES string of the molecule is CC(O/N=C(\C(=O)O)c1nc2ccccc2n(C2C[C@H]3CCC[C@@H](C2)N3C2C[C@H]3CCC[C@@H](C2)C3)c1=O)C(N)=O. The zero-order valence-corrected chi connectivity index (χ0v) is 23.1. The van der Waals surface area contributed by atoms with Gasteiger partial charge in [0, 0.05) is 24.2 Å². The highest BCUT2D eigenvalue weighted by Crippen LogP contribution is 2.47.